The van der Waals surface area contributed by atoms with Crippen LogP contribution in [0.2, 0.25) is 5.02 Å². The fourth-order valence-corrected chi connectivity index (χ4v) is 1.47. The zero-order valence-corrected chi connectivity index (χ0v) is 9.07. The molecular weight excluding hydrogens is 210 g/mol. The Morgan fingerprint density at radius 2 is 1.92 bits per heavy atom. The van der Waals surface area contributed by atoms with E-state index in [1.165, 1.54) is 0 Å². The molecule has 0 saturated carbocycles. The van der Waals surface area contributed by atoms with Crippen molar-refractivity contribution in [2.24, 2.45) is 0 Å². The minimum atomic E-state index is 0.778. The first-order valence-corrected chi connectivity index (χ1v) is 4.60. The van der Waals surface area contributed by atoms with Crippen molar-refractivity contribution >= 4 is 16.1 Å². The Morgan fingerprint density at radius 3 is 2.42 bits per heavy atom. The van der Waals surface area contributed by atoms with Crippen molar-refractivity contribution in [1.29, 1.82) is 0 Å². The third kappa shape index (κ3) is 2.18. The van der Waals surface area contributed by atoms with Gasteiger partial charge in [0.05, 0.1) is 0 Å². The second kappa shape index (κ2) is 4.21. The van der Waals surface area contributed by atoms with Crippen LogP contribution in [0.3, 0.4) is 0 Å². The molecule has 64 valence electrons. The molecule has 0 fully saturated rings. The van der Waals surface area contributed by atoms with Crippen LogP contribution in [-0.2, 0) is 15.9 Å². The number of nitrogens with zero attached hydrogens (tertiary/aromatic N) is 1. The van der Waals surface area contributed by atoms with Gasteiger partial charge in [0.15, 0.2) is 0 Å². The van der Waals surface area contributed by atoms with Crippen LogP contribution in [0.25, 0.3) is 0 Å². The average molecular weight is 220 g/mol. The van der Waals surface area contributed by atoms with Crippen LogP contribution in [0.4, 0.5) is 0 Å². The SMILES string of the molecule is CN(C)[C](=[Cr])c1ccccc1Cl. The molecule has 0 unspecified atom stereocenters. The zero-order valence-electron chi connectivity index (χ0n) is 7.04. The van der Waals surface area contributed by atoms with Gasteiger partial charge in [-0.2, -0.15) is 0 Å². The molecule has 3 heteroatoms. The summed E-state index contributed by atoms with van der Waals surface area (Å²) in [7, 11) is 3.96. The normalized spacial score (nSPS) is 10.3. The van der Waals surface area contributed by atoms with E-state index in [1.807, 2.05) is 43.3 Å². The summed E-state index contributed by atoms with van der Waals surface area (Å²) < 4.78 is 1.06. The van der Waals surface area contributed by atoms with Gasteiger partial charge in [-0.15, -0.1) is 0 Å². The van der Waals surface area contributed by atoms with E-state index in [0.29, 0.717) is 0 Å². The van der Waals surface area contributed by atoms with E-state index in [-0.39, 0.29) is 0 Å². The summed E-state index contributed by atoms with van der Waals surface area (Å²) >= 11 is 8.99. The molecule has 0 spiro atoms. The molecule has 1 nitrogen and oxygen atoms in total. The Hall–Kier alpha value is -0.128. The predicted molar refractivity (Wildman–Crippen MR) is 49.2 cm³/mol. The first kappa shape index (κ1) is 9.96. The molecular formula is C9H10ClCrN. The third-order valence-electron chi connectivity index (χ3n) is 1.51. The molecule has 0 aromatic heterocycles. The van der Waals surface area contributed by atoms with Gasteiger partial charge in [-0.25, -0.2) is 0 Å². The Labute approximate surface area is 85.9 Å². The van der Waals surface area contributed by atoms with E-state index >= 15 is 0 Å². The van der Waals surface area contributed by atoms with Gasteiger partial charge in [-0.05, 0) is 0 Å². The van der Waals surface area contributed by atoms with Crippen molar-refractivity contribution in [3.8, 4) is 0 Å². The van der Waals surface area contributed by atoms with Crippen molar-refractivity contribution in [2.45, 2.75) is 0 Å². The molecule has 0 radical (unpaired) electrons. The summed E-state index contributed by atoms with van der Waals surface area (Å²) in [5, 5.41) is 0.778. The van der Waals surface area contributed by atoms with E-state index in [0.717, 1.165) is 15.1 Å². The van der Waals surface area contributed by atoms with E-state index in [4.69, 9.17) is 11.6 Å². The van der Waals surface area contributed by atoms with E-state index in [2.05, 4.69) is 15.9 Å². The molecule has 0 heterocycles. The van der Waals surface area contributed by atoms with Crippen LogP contribution < -0.4 is 0 Å². The summed E-state index contributed by atoms with van der Waals surface area (Å²) in [6, 6.07) is 7.78. The fourth-order valence-electron chi connectivity index (χ4n) is 0.876. The molecule has 0 aliphatic carbocycles. The molecule has 0 aliphatic rings. The summed E-state index contributed by atoms with van der Waals surface area (Å²) in [6.45, 7) is 0. The number of halogens is 1. The molecule has 1 aromatic rings. The van der Waals surface area contributed by atoms with Crippen molar-refractivity contribution in [3.63, 3.8) is 0 Å². The molecule has 0 bridgehead atoms. The van der Waals surface area contributed by atoms with Gasteiger partial charge >= 0.3 is 85.8 Å². The Morgan fingerprint density at radius 1 is 1.33 bits per heavy atom. The summed E-state index contributed by atoms with van der Waals surface area (Å²) in [6.07, 6.45) is 0. The van der Waals surface area contributed by atoms with Crippen LogP contribution in [0, 0.1) is 0 Å². The van der Waals surface area contributed by atoms with Crippen LogP contribution >= 0.6 is 11.6 Å². The number of rotatable bonds is 2. The van der Waals surface area contributed by atoms with Gasteiger partial charge in [-0.1, -0.05) is 0 Å². The monoisotopic (exact) mass is 219 g/mol. The standard InChI is InChI=1S/C9H10ClN.Cr/c1-11(2)7-8-5-3-4-6-9(8)10;/h3-6H,1-2H3;. The van der Waals surface area contributed by atoms with E-state index in [9.17, 15) is 0 Å². The molecule has 0 N–H and O–H groups in total. The summed E-state index contributed by atoms with van der Waals surface area (Å²) in [4.78, 5) is 2.00. The Balaban J connectivity index is 3.03. The predicted octanol–water partition coefficient (Wildman–Crippen LogP) is 1.93. The second-order valence-corrected chi connectivity index (χ2v) is 3.69. The molecule has 12 heavy (non-hydrogen) atoms. The van der Waals surface area contributed by atoms with Crippen LogP contribution in [0.1, 0.15) is 5.56 Å². The minimum absolute atomic E-state index is 0.778. The number of hydrogen-bond donors (Lipinski definition) is 0. The van der Waals surface area contributed by atoms with Gasteiger partial charge < -0.3 is 0 Å². The maximum absolute atomic E-state index is 6.00. The maximum atomic E-state index is 6.00. The summed E-state index contributed by atoms with van der Waals surface area (Å²) in [5.74, 6) is 0. The van der Waals surface area contributed by atoms with E-state index < -0.39 is 0 Å². The molecule has 0 atom stereocenters. The van der Waals surface area contributed by atoms with Crippen molar-refractivity contribution < 1.29 is 15.9 Å². The van der Waals surface area contributed by atoms with Crippen molar-refractivity contribution in [2.75, 3.05) is 14.1 Å². The molecule has 0 saturated heterocycles. The molecule has 0 amide bonds. The van der Waals surface area contributed by atoms with E-state index in [1.54, 1.807) is 0 Å². The van der Waals surface area contributed by atoms with Crippen molar-refractivity contribution in [1.82, 2.24) is 4.90 Å². The molecule has 0 aliphatic heterocycles. The van der Waals surface area contributed by atoms with Crippen molar-refractivity contribution in [3.05, 3.63) is 34.9 Å². The second-order valence-electron chi connectivity index (χ2n) is 2.68. The fraction of sp³-hybridized carbons (Fsp3) is 0.222. The first-order valence-electron chi connectivity index (χ1n) is 3.59. The van der Waals surface area contributed by atoms with Crippen LogP contribution in [-0.4, -0.2) is 23.5 Å². The number of hydrogen-bond acceptors (Lipinski definition) is 1. The topological polar surface area (TPSA) is 3.24 Å². The van der Waals surface area contributed by atoms with Gasteiger partial charge in [0.2, 0.25) is 0 Å². The molecule has 1 rings (SSSR count). The summed E-state index contributed by atoms with van der Waals surface area (Å²) in [5.41, 5.74) is 1.05. The van der Waals surface area contributed by atoms with Crippen LogP contribution in [0.15, 0.2) is 24.3 Å². The Bertz CT molecular complexity index is 296. The average Bonchev–Trinajstić information content (AvgIpc) is 2.04. The van der Waals surface area contributed by atoms with Crippen LogP contribution in [0.5, 0.6) is 0 Å². The molecule has 1 aromatic carbocycles. The Kier molecular flexibility index (Phi) is 3.49. The first-order chi connectivity index (χ1) is 5.63. The van der Waals surface area contributed by atoms with Gasteiger partial charge in [-0.3, -0.25) is 0 Å². The van der Waals surface area contributed by atoms with Gasteiger partial charge in [0.25, 0.3) is 0 Å². The third-order valence-corrected chi connectivity index (χ3v) is 2.75. The van der Waals surface area contributed by atoms with Gasteiger partial charge in [0, 0.05) is 0 Å². The number of benzene rings is 1. The quantitative estimate of drug-likeness (QED) is 0.735. The van der Waals surface area contributed by atoms with Gasteiger partial charge in [0.1, 0.15) is 0 Å². The zero-order chi connectivity index (χ0) is 9.14.